The summed E-state index contributed by atoms with van der Waals surface area (Å²) >= 11 is 9.83. The van der Waals surface area contributed by atoms with Gasteiger partial charge in [-0.1, -0.05) is 31.5 Å². The molecule has 0 aliphatic carbocycles. The second-order valence-electron chi connectivity index (χ2n) is 3.64. The molecule has 17 heavy (non-hydrogen) atoms. The number of para-hydroxylation sites is 1. The molecule has 1 aromatic carbocycles. The third kappa shape index (κ3) is 4.72. The van der Waals surface area contributed by atoms with Gasteiger partial charge in [-0.2, -0.15) is 0 Å². The van der Waals surface area contributed by atoms with Crippen molar-refractivity contribution in [3.63, 3.8) is 0 Å². The fourth-order valence-corrected chi connectivity index (χ4v) is 2.07. The average molecular weight is 428 g/mol. The molecule has 0 fully saturated rings. The molecule has 5 heteroatoms. The van der Waals surface area contributed by atoms with Crippen molar-refractivity contribution in [3.05, 3.63) is 30.3 Å². The molecule has 0 aliphatic rings. The van der Waals surface area contributed by atoms with E-state index in [9.17, 15) is 4.79 Å². The van der Waals surface area contributed by atoms with Gasteiger partial charge in [-0.05, 0) is 66.3 Å². The lowest BCUT2D eigenvalue weighted by atomic mass is 10.2. The van der Waals surface area contributed by atoms with Gasteiger partial charge in [0.05, 0.1) is 0 Å². The molecule has 0 aliphatic heterocycles. The maximum absolute atomic E-state index is 12.3. The molecule has 0 heterocycles. The molecular formula is C12H14Br3NO. The van der Waals surface area contributed by atoms with E-state index in [2.05, 4.69) is 54.7 Å². The molecule has 94 valence electrons. The Hall–Kier alpha value is 0.130. The molecule has 0 radical (unpaired) electrons. The third-order valence-electron chi connectivity index (χ3n) is 2.29. The van der Waals surface area contributed by atoms with Crippen molar-refractivity contribution in [2.24, 2.45) is 0 Å². The summed E-state index contributed by atoms with van der Waals surface area (Å²) in [5.41, 5.74) is 0.911. The number of unbranched alkanes of at least 4 members (excludes halogenated alkanes) is 1. The van der Waals surface area contributed by atoms with Crippen molar-refractivity contribution in [1.82, 2.24) is 0 Å². The summed E-state index contributed by atoms with van der Waals surface area (Å²) in [6, 6.07) is 9.67. The van der Waals surface area contributed by atoms with Crippen molar-refractivity contribution in [2.75, 3.05) is 11.4 Å². The summed E-state index contributed by atoms with van der Waals surface area (Å²) in [6.07, 6.45) is 2.03. The molecule has 0 N–H and O–H groups in total. The van der Waals surface area contributed by atoms with Crippen molar-refractivity contribution in [1.29, 1.82) is 0 Å². The lowest BCUT2D eigenvalue weighted by Gasteiger charge is -2.26. The number of rotatable bonds is 4. The maximum atomic E-state index is 12.3. The Morgan fingerprint density at radius 2 is 1.82 bits per heavy atom. The molecule has 0 bridgehead atoms. The number of halogens is 3. The number of nitrogens with zero attached hydrogens (tertiary/aromatic N) is 1. The van der Waals surface area contributed by atoms with Crippen LogP contribution in [0.1, 0.15) is 19.8 Å². The van der Waals surface area contributed by atoms with E-state index in [0.29, 0.717) is 6.54 Å². The topological polar surface area (TPSA) is 20.3 Å². The summed E-state index contributed by atoms with van der Waals surface area (Å²) < 4.78 is -0.892. The van der Waals surface area contributed by atoms with E-state index in [1.807, 2.05) is 30.3 Å². The first-order valence-electron chi connectivity index (χ1n) is 5.40. The lowest BCUT2D eigenvalue weighted by molar-refractivity contribution is -0.117. The zero-order chi connectivity index (χ0) is 12.9. The smallest absolute Gasteiger partial charge is 0.265 e. The van der Waals surface area contributed by atoms with E-state index in [1.165, 1.54) is 0 Å². The van der Waals surface area contributed by atoms with Crippen LogP contribution in [0.2, 0.25) is 0 Å². The number of hydrogen-bond acceptors (Lipinski definition) is 1. The van der Waals surface area contributed by atoms with Crippen LogP contribution in [0.4, 0.5) is 5.69 Å². The fraction of sp³-hybridized carbons (Fsp3) is 0.417. The van der Waals surface area contributed by atoms with Crippen LogP contribution in [0.25, 0.3) is 0 Å². The molecule has 0 spiro atoms. The van der Waals surface area contributed by atoms with Crippen molar-refractivity contribution in [3.8, 4) is 0 Å². The highest BCUT2D eigenvalue weighted by molar-refractivity contribution is 9.40. The second-order valence-corrected chi connectivity index (χ2v) is 10.4. The highest BCUT2D eigenvalue weighted by Gasteiger charge is 2.33. The summed E-state index contributed by atoms with van der Waals surface area (Å²) in [5, 5.41) is 0. The molecule has 0 saturated carbocycles. The standard InChI is InChI=1S/C12H14Br3NO/c1-2-3-9-16(11(17)12(13,14)15)10-7-5-4-6-8-10/h4-8H,2-3,9H2,1H3. The number of anilines is 1. The van der Waals surface area contributed by atoms with E-state index in [-0.39, 0.29) is 5.91 Å². The Morgan fingerprint density at radius 1 is 1.24 bits per heavy atom. The molecule has 1 aromatic rings. The predicted molar refractivity (Wildman–Crippen MR) is 83.2 cm³/mol. The SMILES string of the molecule is CCCCN(C(=O)C(Br)(Br)Br)c1ccccc1. The largest absolute Gasteiger partial charge is 0.310 e. The zero-order valence-electron chi connectivity index (χ0n) is 9.50. The van der Waals surface area contributed by atoms with Crippen LogP contribution < -0.4 is 4.90 Å². The van der Waals surface area contributed by atoms with Gasteiger partial charge in [0, 0.05) is 12.2 Å². The summed E-state index contributed by atoms with van der Waals surface area (Å²) in [6.45, 7) is 2.82. The van der Waals surface area contributed by atoms with E-state index in [0.717, 1.165) is 18.5 Å². The highest BCUT2D eigenvalue weighted by atomic mass is 80.0. The molecule has 2 nitrogen and oxygen atoms in total. The van der Waals surface area contributed by atoms with Crippen LogP contribution in [-0.2, 0) is 4.79 Å². The minimum atomic E-state index is -0.892. The number of carbonyl (C=O) groups is 1. The highest BCUT2D eigenvalue weighted by Crippen LogP contribution is 2.36. The van der Waals surface area contributed by atoms with E-state index in [4.69, 9.17) is 0 Å². The molecular weight excluding hydrogens is 414 g/mol. The Kier molecular flexibility index (Phi) is 6.17. The Bertz CT molecular complexity index is 362. The van der Waals surface area contributed by atoms with Crippen molar-refractivity contribution < 1.29 is 4.79 Å². The van der Waals surface area contributed by atoms with Gasteiger partial charge in [-0.25, -0.2) is 0 Å². The van der Waals surface area contributed by atoms with Gasteiger partial charge in [0.15, 0.2) is 0 Å². The quantitative estimate of drug-likeness (QED) is 0.640. The monoisotopic (exact) mass is 425 g/mol. The third-order valence-corrected chi connectivity index (χ3v) is 3.31. The van der Waals surface area contributed by atoms with Gasteiger partial charge >= 0.3 is 0 Å². The molecule has 1 rings (SSSR count). The Morgan fingerprint density at radius 3 is 2.29 bits per heavy atom. The van der Waals surface area contributed by atoms with E-state index in [1.54, 1.807) is 4.90 Å². The van der Waals surface area contributed by atoms with E-state index >= 15 is 0 Å². The van der Waals surface area contributed by atoms with Gasteiger partial charge < -0.3 is 4.90 Å². The lowest BCUT2D eigenvalue weighted by Crippen LogP contribution is -2.39. The number of benzene rings is 1. The molecule has 0 saturated heterocycles. The van der Waals surface area contributed by atoms with Crippen molar-refractivity contribution in [2.45, 2.75) is 21.9 Å². The fourth-order valence-electron chi connectivity index (χ4n) is 1.43. The number of alkyl halides is 3. The van der Waals surface area contributed by atoms with Crippen LogP contribution in [0.5, 0.6) is 0 Å². The van der Waals surface area contributed by atoms with Crippen LogP contribution in [0.15, 0.2) is 30.3 Å². The average Bonchev–Trinajstić information content (AvgIpc) is 2.29. The number of amides is 1. The van der Waals surface area contributed by atoms with Gasteiger partial charge in [0.1, 0.15) is 0 Å². The second kappa shape index (κ2) is 6.90. The Labute approximate surface area is 127 Å². The summed E-state index contributed by atoms with van der Waals surface area (Å²) in [4.78, 5) is 14.0. The summed E-state index contributed by atoms with van der Waals surface area (Å²) in [7, 11) is 0. The number of hydrogen-bond donors (Lipinski definition) is 0. The molecule has 0 aromatic heterocycles. The molecule has 0 unspecified atom stereocenters. The first-order valence-corrected chi connectivity index (χ1v) is 7.78. The van der Waals surface area contributed by atoms with Crippen LogP contribution in [-0.4, -0.2) is 14.6 Å². The normalized spacial score (nSPS) is 11.3. The Balaban J connectivity index is 2.92. The van der Waals surface area contributed by atoms with Gasteiger partial charge in [-0.3, -0.25) is 4.79 Å². The van der Waals surface area contributed by atoms with Crippen LogP contribution in [0.3, 0.4) is 0 Å². The minimum absolute atomic E-state index is 0.0582. The van der Waals surface area contributed by atoms with Crippen LogP contribution >= 0.6 is 47.8 Å². The first-order chi connectivity index (χ1) is 7.96. The maximum Gasteiger partial charge on any atom is 0.265 e. The zero-order valence-corrected chi connectivity index (χ0v) is 14.3. The van der Waals surface area contributed by atoms with Crippen molar-refractivity contribution >= 4 is 59.4 Å². The number of carbonyl (C=O) groups excluding carboxylic acids is 1. The van der Waals surface area contributed by atoms with Gasteiger partial charge in [0.2, 0.25) is 2.14 Å². The first kappa shape index (κ1) is 15.2. The summed E-state index contributed by atoms with van der Waals surface area (Å²) in [5.74, 6) is -0.0582. The van der Waals surface area contributed by atoms with Gasteiger partial charge in [0.25, 0.3) is 5.91 Å². The van der Waals surface area contributed by atoms with Gasteiger partial charge in [-0.15, -0.1) is 0 Å². The minimum Gasteiger partial charge on any atom is -0.310 e. The van der Waals surface area contributed by atoms with E-state index < -0.39 is 2.14 Å². The molecule has 0 atom stereocenters. The predicted octanol–water partition coefficient (Wildman–Crippen LogP) is 4.66. The van der Waals surface area contributed by atoms with Crippen LogP contribution in [0, 0.1) is 0 Å². The molecule has 1 amide bonds.